The van der Waals surface area contributed by atoms with Gasteiger partial charge in [0.15, 0.2) is 5.54 Å². The van der Waals surface area contributed by atoms with Crippen molar-refractivity contribution >= 4 is 29.0 Å². The van der Waals surface area contributed by atoms with E-state index < -0.39 is 23.1 Å². The molecule has 0 radical (unpaired) electrons. The lowest BCUT2D eigenvalue weighted by atomic mass is 9.81. The third kappa shape index (κ3) is 3.95. The lowest BCUT2D eigenvalue weighted by molar-refractivity contribution is -0.143. The van der Waals surface area contributed by atoms with Gasteiger partial charge in [-0.05, 0) is 43.2 Å². The molecule has 2 aromatic carbocycles. The maximum Gasteiger partial charge on any atom is 0.296 e. The van der Waals surface area contributed by atoms with Gasteiger partial charge in [0.05, 0.1) is 24.5 Å². The Hall–Kier alpha value is -3.95. The van der Waals surface area contributed by atoms with Crippen LogP contribution in [-0.2, 0) is 31.1 Å². The molecule has 9 nitrogen and oxygen atoms in total. The molecule has 4 heterocycles. The predicted octanol–water partition coefficient (Wildman–Crippen LogP) is 2.84. The van der Waals surface area contributed by atoms with Gasteiger partial charge in [-0.15, -0.1) is 6.58 Å². The van der Waals surface area contributed by atoms with E-state index in [9.17, 15) is 19.5 Å². The number of aliphatic hydroxyl groups excluding tert-OH is 1. The first-order valence-corrected chi connectivity index (χ1v) is 13.8. The quantitative estimate of drug-likeness (QED) is 0.248. The third-order valence-electron chi connectivity index (χ3n) is 8.25. The fourth-order valence-corrected chi connectivity index (χ4v) is 6.47. The highest BCUT2D eigenvalue weighted by atomic mass is 16.5. The van der Waals surface area contributed by atoms with Gasteiger partial charge < -0.3 is 24.4 Å². The number of benzene rings is 2. The summed E-state index contributed by atoms with van der Waals surface area (Å²) < 4.78 is 11.2. The van der Waals surface area contributed by atoms with Gasteiger partial charge in [0.1, 0.15) is 17.6 Å². The molecular weight excluding hydrogens is 510 g/mol. The molecule has 2 aromatic rings. The van der Waals surface area contributed by atoms with E-state index in [0.29, 0.717) is 49.4 Å². The third-order valence-corrected chi connectivity index (χ3v) is 8.25. The number of likely N-dealkylation sites (tertiary alicyclic amines) is 1. The average molecular weight is 544 g/mol. The van der Waals surface area contributed by atoms with Crippen molar-refractivity contribution in [3.63, 3.8) is 0 Å². The number of carbonyl (C=O) groups is 3. The van der Waals surface area contributed by atoms with Gasteiger partial charge in [-0.2, -0.15) is 0 Å². The Morgan fingerprint density at radius 3 is 2.67 bits per heavy atom. The minimum Gasteiger partial charge on any atom is -0.507 e. The number of hydrogen-bond donors (Lipinski definition) is 1. The van der Waals surface area contributed by atoms with Crippen LogP contribution in [0.5, 0.6) is 5.75 Å². The van der Waals surface area contributed by atoms with Gasteiger partial charge in [0, 0.05) is 50.3 Å². The van der Waals surface area contributed by atoms with Crippen LogP contribution in [0.4, 0.5) is 5.69 Å². The molecule has 2 fully saturated rings. The van der Waals surface area contributed by atoms with Gasteiger partial charge in [-0.25, -0.2) is 0 Å². The Balaban J connectivity index is 1.48. The van der Waals surface area contributed by atoms with Crippen LogP contribution in [0.15, 0.2) is 60.7 Å². The van der Waals surface area contributed by atoms with Crippen molar-refractivity contribution in [2.24, 2.45) is 0 Å². The van der Waals surface area contributed by atoms with E-state index >= 15 is 0 Å². The summed E-state index contributed by atoms with van der Waals surface area (Å²) in [4.78, 5) is 47.2. The number of amides is 2. The number of ketones is 1. The molecule has 208 valence electrons. The van der Waals surface area contributed by atoms with Gasteiger partial charge in [0.25, 0.3) is 17.6 Å². The number of fused-ring (bicyclic) bond motifs is 3. The number of aliphatic hydroxyl groups is 1. The Morgan fingerprint density at radius 1 is 1.12 bits per heavy atom. The van der Waals surface area contributed by atoms with Gasteiger partial charge in [-0.3, -0.25) is 19.3 Å². The number of nitrogens with zero attached hydrogens (tertiary/aromatic N) is 3. The lowest BCUT2D eigenvalue weighted by Crippen LogP contribution is -2.52. The topological polar surface area (TPSA) is 99.6 Å². The molecule has 4 aliphatic rings. The highest BCUT2D eigenvalue weighted by molar-refractivity contribution is 6.50. The summed E-state index contributed by atoms with van der Waals surface area (Å²) in [5, 5.41) is 11.8. The molecule has 0 aromatic heterocycles. The number of morpholine rings is 1. The summed E-state index contributed by atoms with van der Waals surface area (Å²) in [6, 6.07) is 12.4. The van der Waals surface area contributed by atoms with Gasteiger partial charge in [-0.1, -0.05) is 24.3 Å². The SMILES string of the molecule is C=CCN1C(=O)C2(/C(=C(\O)c3ccc4c(c3)CC(C)O4)C(=O)C(=O)N2CCCN2CCOCC2)c2ccccc21. The van der Waals surface area contributed by atoms with E-state index in [-0.39, 0.29) is 30.5 Å². The highest BCUT2D eigenvalue weighted by Gasteiger charge is 2.66. The van der Waals surface area contributed by atoms with E-state index in [0.717, 1.165) is 24.4 Å². The second-order valence-electron chi connectivity index (χ2n) is 10.7. The zero-order valence-corrected chi connectivity index (χ0v) is 22.6. The van der Waals surface area contributed by atoms with Crippen LogP contribution in [0, 0.1) is 0 Å². The molecule has 2 atom stereocenters. The number of para-hydroxylation sites is 1. The molecule has 1 spiro atoms. The number of hydrogen-bond acceptors (Lipinski definition) is 7. The Morgan fingerprint density at radius 2 is 1.90 bits per heavy atom. The molecule has 1 N–H and O–H groups in total. The smallest absolute Gasteiger partial charge is 0.296 e. The molecule has 2 saturated heterocycles. The Labute approximate surface area is 233 Å². The average Bonchev–Trinajstić information content (AvgIpc) is 3.53. The Kier molecular flexibility index (Phi) is 6.72. The van der Waals surface area contributed by atoms with E-state index in [1.165, 1.54) is 9.80 Å². The number of rotatable bonds is 7. The largest absolute Gasteiger partial charge is 0.507 e. The van der Waals surface area contributed by atoms with Crippen LogP contribution in [0.25, 0.3) is 5.76 Å². The maximum absolute atomic E-state index is 14.5. The molecule has 2 amide bonds. The fraction of sp³-hybridized carbons (Fsp3) is 0.387. The summed E-state index contributed by atoms with van der Waals surface area (Å²) in [7, 11) is 0. The number of Topliss-reactive ketones (excluding diaryl/α,β-unsaturated/α-hetero) is 1. The summed E-state index contributed by atoms with van der Waals surface area (Å²) in [6.45, 7) is 9.72. The van der Waals surface area contributed by atoms with Crippen molar-refractivity contribution in [1.82, 2.24) is 9.80 Å². The number of ether oxygens (including phenoxy) is 2. The first-order chi connectivity index (χ1) is 19.4. The first kappa shape index (κ1) is 26.3. The van der Waals surface area contributed by atoms with Crippen molar-refractivity contribution < 1.29 is 29.0 Å². The van der Waals surface area contributed by atoms with Crippen molar-refractivity contribution in [3.05, 3.63) is 77.4 Å². The van der Waals surface area contributed by atoms with Crippen molar-refractivity contribution in [2.75, 3.05) is 50.8 Å². The number of anilines is 1. The van der Waals surface area contributed by atoms with Gasteiger partial charge in [0.2, 0.25) is 0 Å². The van der Waals surface area contributed by atoms with Crippen molar-refractivity contribution in [3.8, 4) is 5.75 Å². The van der Waals surface area contributed by atoms with Crippen LogP contribution in [0.2, 0.25) is 0 Å². The molecule has 4 aliphatic heterocycles. The van der Waals surface area contributed by atoms with E-state index in [1.807, 2.05) is 13.0 Å². The fourth-order valence-electron chi connectivity index (χ4n) is 6.47. The van der Waals surface area contributed by atoms with E-state index in [2.05, 4.69) is 11.5 Å². The minimum atomic E-state index is -1.77. The number of carbonyl (C=O) groups excluding carboxylic acids is 3. The molecule has 40 heavy (non-hydrogen) atoms. The summed E-state index contributed by atoms with van der Waals surface area (Å²) >= 11 is 0. The zero-order chi connectivity index (χ0) is 28.0. The van der Waals surface area contributed by atoms with Crippen LogP contribution in [0.3, 0.4) is 0 Å². The zero-order valence-electron chi connectivity index (χ0n) is 22.6. The second kappa shape index (κ2) is 10.2. The first-order valence-electron chi connectivity index (χ1n) is 13.8. The maximum atomic E-state index is 14.5. The molecule has 0 aliphatic carbocycles. The van der Waals surface area contributed by atoms with Crippen LogP contribution in [-0.4, -0.2) is 84.5 Å². The summed E-state index contributed by atoms with van der Waals surface area (Å²) in [5.41, 5.74) is 0.402. The predicted molar refractivity (Wildman–Crippen MR) is 149 cm³/mol. The Bertz CT molecular complexity index is 1430. The normalized spacial score (nSPS) is 25.4. The van der Waals surface area contributed by atoms with Gasteiger partial charge >= 0.3 is 0 Å². The molecule has 2 unspecified atom stereocenters. The lowest BCUT2D eigenvalue weighted by Gasteiger charge is -2.35. The van der Waals surface area contributed by atoms with Crippen molar-refractivity contribution in [1.29, 1.82) is 0 Å². The van der Waals surface area contributed by atoms with Crippen LogP contribution < -0.4 is 9.64 Å². The molecule has 0 saturated carbocycles. The highest BCUT2D eigenvalue weighted by Crippen LogP contribution is 2.53. The van der Waals surface area contributed by atoms with Crippen LogP contribution >= 0.6 is 0 Å². The molecule has 9 heteroatoms. The van der Waals surface area contributed by atoms with Crippen LogP contribution in [0.1, 0.15) is 30.0 Å². The second-order valence-corrected chi connectivity index (χ2v) is 10.7. The molecule has 0 bridgehead atoms. The van der Waals surface area contributed by atoms with E-state index in [4.69, 9.17) is 9.47 Å². The summed E-state index contributed by atoms with van der Waals surface area (Å²) in [5.74, 6) is -1.73. The van der Waals surface area contributed by atoms with Crippen molar-refractivity contribution in [2.45, 2.75) is 31.4 Å². The minimum absolute atomic E-state index is 0.00113. The standard InChI is InChI=1S/C31H33N3O6/c1-3-11-33-24-8-5-4-7-23(24)31(30(33)38)26(27(35)21-9-10-25-22(19-21)18-20(2)40-25)28(36)29(37)34(31)13-6-12-32-14-16-39-17-15-32/h3-5,7-10,19-20,35H,1,6,11-18H2,2H3/b27-26-. The summed E-state index contributed by atoms with van der Waals surface area (Å²) in [6.07, 6.45) is 2.82. The molecule has 6 rings (SSSR count). The van der Waals surface area contributed by atoms with E-state index in [1.54, 1.807) is 42.5 Å². The monoisotopic (exact) mass is 543 g/mol. The molecular formula is C31H33N3O6.